The Morgan fingerprint density at radius 3 is 2.62 bits per heavy atom. The molecule has 0 aliphatic rings. The van der Waals surface area contributed by atoms with E-state index in [0.29, 0.717) is 21.4 Å². The van der Waals surface area contributed by atoms with Crippen LogP contribution in [0.1, 0.15) is 15.9 Å². The van der Waals surface area contributed by atoms with Crippen LogP contribution in [0.5, 0.6) is 0 Å². The number of carbonyl (C=O) groups is 1. The Hall–Kier alpha value is -1.59. The van der Waals surface area contributed by atoms with Crippen LogP contribution < -0.4 is 10.6 Å². The van der Waals surface area contributed by atoms with Gasteiger partial charge in [0, 0.05) is 17.2 Å². The zero-order valence-corrected chi connectivity index (χ0v) is 13.8. The molecule has 0 heterocycles. The lowest BCUT2D eigenvalue weighted by Crippen LogP contribution is -2.15. The number of hydrogen-bond acceptors (Lipinski definition) is 2. The smallest absolute Gasteiger partial charge is 0.257 e. The van der Waals surface area contributed by atoms with Crippen LogP contribution in [-0.4, -0.2) is 13.0 Å². The number of halogens is 3. The molecule has 110 valence electrons. The van der Waals surface area contributed by atoms with Gasteiger partial charge in [-0.15, -0.1) is 0 Å². The molecule has 2 aromatic carbocycles. The monoisotopic (exact) mass is 370 g/mol. The van der Waals surface area contributed by atoms with Crippen LogP contribution in [0.15, 0.2) is 34.8 Å². The first kappa shape index (κ1) is 15.8. The molecular weight excluding hydrogens is 359 g/mol. The number of anilines is 2. The Kier molecular flexibility index (Phi) is 4.85. The highest BCUT2D eigenvalue weighted by atomic mass is 79.9. The molecule has 0 aliphatic heterocycles. The fraction of sp³-hybridized carbons (Fsp3) is 0.133. The molecule has 0 unspecified atom stereocenters. The molecule has 21 heavy (non-hydrogen) atoms. The zero-order valence-electron chi connectivity index (χ0n) is 11.4. The molecule has 0 saturated carbocycles. The number of aryl methyl sites for hydroxylation is 1. The van der Waals surface area contributed by atoms with Crippen LogP contribution in [0.3, 0.4) is 0 Å². The van der Waals surface area contributed by atoms with Gasteiger partial charge < -0.3 is 10.6 Å². The molecular formula is C15H13BrClFN2O. The maximum absolute atomic E-state index is 13.2. The first-order valence-corrected chi connectivity index (χ1v) is 7.33. The fourth-order valence-electron chi connectivity index (χ4n) is 1.91. The first-order valence-electron chi connectivity index (χ1n) is 6.16. The second-order valence-electron chi connectivity index (χ2n) is 4.50. The lowest BCUT2D eigenvalue weighted by Gasteiger charge is -2.13. The number of hydrogen-bond donors (Lipinski definition) is 2. The molecule has 2 rings (SSSR count). The van der Waals surface area contributed by atoms with Crippen LogP contribution in [0.4, 0.5) is 15.8 Å². The van der Waals surface area contributed by atoms with Crippen molar-refractivity contribution in [3.8, 4) is 0 Å². The number of nitrogens with one attached hydrogen (secondary N) is 2. The minimum Gasteiger partial charge on any atom is -0.387 e. The van der Waals surface area contributed by atoms with E-state index >= 15 is 0 Å². The lowest BCUT2D eigenvalue weighted by atomic mass is 10.1. The van der Waals surface area contributed by atoms with Crippen LogP contribution in [0, 0.1) is 12.7 Å². The fourth-order valence-corrected chi connectivity index (χ4v) is 2.80. The summed E-state index contributed by atoms with van der Waals surface area (Å²) in [5.74, 6) is -0.801. The minimum atomic E-state index is -0.476. The number of amides is 1. The van der Waals surface area contributed by atoms with Gasteiger partial charge in [-0.05, 0) is 52.7 Å². The second kappa shape index (κ2) is 6.45. The van der Waals surface area contributed by atoms with Crippen molar-refractivity contribution in [2.75, 3.05) is 17.7 Å². The molecule has 0 fully saturated rings. The highest BCUT2D eigenvalue weighted by molar-refractivity contribution is 9.10. The van der Waals surface area contributed by atoms with E-state index in [9.17, 15) is 9.18 Å². The van der Waals surface area contributed by atoms with E-state index in [1.165, 1.54) is 6.07 Å². The predicted molar refractivity (Wildman–Crippen MR) is 87.8 cm³/mol. The molecule has 2 N–H and O–H groups in total. The van der Waals surface area contributed by atoms with E-state index < -0.39 is 5.82 Å². The summed E-state index contributed by atoms with van der Waals surface area (Å²) in [5, 5.41) is 5.80. The minimum absolute atomic E-state index is 0.133. The lowest BCUT2D eigenvalue weighted by molar-refractivity contribution is 0.102. The van der Waals surface area contributed by atoms with Gasteiger partial charge in [0.25, 0.3) is 5.91 Å². The van der Waals surface area contributed by atoms with Crippen molar-refractivity contribution in [1.82, 2.24) is 0 Å². The number of benzene rings is 2. The van der Waals surface area contributed by atoms with E-state index in [4.69, 9.17) is 11.6 Å². The maximum Gasteiger partial charge on any atom is 0.257 e. The van der Waals surface area contributed by atoms with Crippen molar-refractivity contribution in [2.45, 2.75) is 6.92 Å². The Balaban J connectivity index is 2.35. The van der Waals surface area contributed by atoms with Crippen molar-refractivity contribution in [2.24, 2.45) is 0 Å². The molecule has 0 spiro atoms. The summed E-state index contributed by atoms with van der Waals surface area (Å²) in [6.45, 7) is 1.94. The predicted octanol–water partition coefficient (Wildman–Crippen LogP) is 4.84. The van der Waals surface area contributed by atoms with Crippen LogP contribution in [-0.2, 0) is 0 Å². The summed E-state index contributed by atoms with van der Waals surface area (Å²) < 4.78 is 13.6. The quantitative estimate of drug-likeness (QED) is 0.810. The van der Waals surface area contributed by atoms with Gasteiger partial charge in [-0.2, -0.15) is 0 Å². The van der Waals surface area contributed by atoms with Gasteiger partial charge >= 0.3 is 0 Å². The summed E-state index contributed by atoms with van der Waals surface area (Å²) in [7, 11) is 1.74. The van der Waals surface area contributed by atoms with Gasteiger partial charge in [-0.1, -0.05) is 17.7 Å². The van der Waals surface area contributed by atoms with E-state index in [0.717, 1.165) is 11.6 Å². The third-order valence-corrected chi connectivity index (χ3v) is 3.86. The largest absolute Gasteiger partial charge is 0.387 e. The maximum atomic E-state index is 13.2. The Labute approximate surface area is 135 Å². The summed E-state index contributed by atoms with van der Waals surface area (Å²) in [6.07, 6.45) is 0. The SMILES string of the molecule is CNc1cc(C)ccc1C(=O)Nc1c(Cl)cc(F)cc1Br. The first-order chi connectivity index (χ1) is 9.92. The van der Waals surface area contributed by atoms with Crippen molar-refractivity contribution < 1.29 is 9.18 Å². The van der Waals surface area contributed by atoms with E-state index in [1.807, 2.05) is 19.1 Å². The third kappa shape index (κ3) is 3.54. The van der Waals surface area contributed by atoms with E-state index in [2.05, 4.69) is 26.6 Å². The molecule has 6 heteroatoms. The Morgan fingerprint density at radius 2 is 2.00 bits per heavy atom. The topological polar surface area (TPSA) is 41.1 Å². The second-order valence-corrected chi connectivity index (χ2v) is 5.76. The van der Waals surface area contributed by atoms with Crippen LogP contribution in [0.25, 0.3) is 0 Å². The van der Waals surface area contributed by atoms with Gasteiger partial charge in [0.15, 0.2) is 0 Å². The van der Waals surface area contributed by atoms with Gasteiger partial charge in [-0.3, -0.25) is 4.79 Å². The molecule has 0 bridgehead atoms. The zero-order chi connectivity index (χ0) is 15.6. The van der Waals surface area contributed by atoms with Gasteiger partial charge in [0.05, 0.1) is 16.3 Å². The molecule has 1 amide bonds. The van der Waals surface area contributed by atoms with Crippen LogP contribution in [0.2, 0.25) is 5.02 Å². The summed E-state index contributed by atoms with van der Waals surface area (Å²) >= 11 is 9.16. The van der Waals surface area contributed by atoms with Gasteiger partial charge in [-0.25, -0.2) is 4.39 Å². The third-order valence-electron chi connectivity index (χ3n) is 2.93. The summed E-state index contributed by atoms with van der Waals surface area (Å²) in [4.78, 5) is 12.4. The van der Waals surface area contributed by atoms with E-state index in [1.54, 1.807) is 13.1 Å². The average Bonchev–Trinajstić information content (AvgIpc) is 2.42. The van der Waals surface area contributed by atoms with Gasteiger partial charge in [0.1, 0.15) is 5.82 Å². The average molecular weight is 372 g/mol. The molecule has 2 aromatic rings. The van der Waals surface area contributed by atoms with E-state index in [-0.39, 0.29) is 10.9 Å². The number of carbonyl (C=O) groups excluding carboxylic acids is 1. The van der Waals surface area contributed by atoms with Crippen molar-refractivity contribution in [3.05, 3.63) is 56.8 Å². The molecule has 0 saturated heterocycles. The van der Waals surface area contributed by atoms with Gasteiger partial charge in [0.2, 0.25) is 0 Å². The Bertz CT molecular complexity index is 683. The normalized spacial score (nSPS) is 10.3. The van der Waals surface area contributed by atoms with Crippen molar-refractivity contribution in [1.29, 1.82) is 0 Å². The Morgan fingerprint density at radius 1 is 1.29 bits per heavy atom. The van der Waals surface area contributed by atoms with Crippen molar-refractivity contribution >= 4 is 44.8 Å². The summed E-state index contributed by atoms with van der Waals surface area (Å²) in [6, 6.07) is 7.83. The molecule has 0 radical (unpaired) electrons. The molecule has 0 atom stereocenters. The molecule has 0 aliphatic carbocycles. The van der Waals surface area contributed by atoms with Crippen LogP contribution >= 0.6 is 27.5 Å². The van der Waals surface area contributed by atoms with Crippen molar-refractivity contribution in [3.63, 3.8) is 0 Å². The standard InChI is InChI=1S/C15H13BrClFN2O/c1-8-3-4-10(13(5-8)19-2)15(21)20-14-11(16)6-9(18)7-12(14)17/h3-7,19H,1-2H3,(H,20,21). The highest BCUT2D eigenvalue weighted by Gasteiger charge is 2.15. The molecule has 0 aromatic heterocycles. The molecule has 3 nitrogen and oxygen atoms in total. The number of rotatable bonds is 3. The summed E-state index contributed by atoms with van der Waals surface area (Å²) in [5.41, 5.74) is 2.57. The highest BCUT2D eigenvalue weighted by Crippen LogP contribution is 2.32.